The van der Waals surface area contributed by atoms with E-state index < -0.39 is 0 Å². The molecule has 50 valence electrons. The maximum atomic E-state index is 9.03. The zero-order chi connectivity index (χ0) is 7.56. The van der Waals surface area contributed by atoms with Gasteiger partial charge < -0.3 is 9.84 Å². The first kappa shape index (κ1) is 7.00. The number of rotatable bonds is 1. The average molecular weight is 134 g/mol. The maximum Gasteiger partial charge on any atom is 0.124 e. The van der Waals surface area contributed by atoms with Gasteiger partial charge in [-0.3, -0.25) is 0 Å². The van der Waals surface area contributed by atoms with E-state index in [0.717, 1.165) is 0 Å². The third kappa shape index (κ3) is 1.08. The Labute approximate surface area is 60.9 Å². The Bertz CT molecular complexity index is 235. The molecule has 0 bridgehead atoms. The molecule has 10 heavy (non-hydrogen) atoms. The third-order valence-corrected chi connectivity index (χ3v) is 1.26. The van der Waals surface area contributed by atoms with E-state index in [2.05, 4.69) is 0 Å². The molecule has 0 amide bonds. The average Bonchev–Trinajstić information content (AvgIpc) is 1.95. The van der Waals surface area contributed by atoms with Crippen molar-refractivity contribution in [1.82, 2.24) is 0 Å². The molecule has 0 atom stereocenters. The molecule has 0 fully saturated rings. The van der Waals surface area contributed by atoms with Crippen LogP contribution in [0.4, 0.5) is 0 Å². The zero-order valence-corrected chi connectivity index (χ0v) is 5.66. The molecular weight excluding hydrogens is 127 g/mol. The Morgan fingerprint density at radius 2 is 2.20 bits per heavy atom. The first-order valence-electron chi connectivity index (χ1n) is 2.87. The van der Waals surface area contributed by atoms with Crippen LogP contribution in [-0.2, 0) is 0 Å². The SMILES string of the molecule is [B]c1c(O)cccc1OC. The molecular formula is C7H7BO2. The van der Waals surface area contributed by atoms with E-state index in [1.54, 1.807) is 12.1 Å². The highest BCUT2D eigenvalue weighted by molar-refractivity contribution is 6.36. The predicted octanol–water partition coefficient (Wildman–Crippen LogP) is 0.195. The highest BCUT2D eigenvalue weighted by Crippen LogP contribution is 2.11. The van der Waals surface area contributed by atoms with Crippen molar-refractivity contribution in [3.8, 4) is 11.5 Å². The van der Waals surface area contributed by atoms with Crippen molar-refractivity contribution in [3.05, 3.63) is 18.2 Å². The Morgan fingerprint density at radius 1 is 1.50 bits per heavy atom. The molecule has 1 aromatic rings. The molecule has 0 saturated carbocycles. The van der Waals surface area contributed by atoms with Crippen LogP contribution in [-0.4, -0.2) is 20.1 Å². The highest BCUT2D eigenvalue weighted by Gasteiger charge is 1.99. The molecule has 2 radical (unpaired) electrons. The van der Waals surface area contributed by atoms with E-state index in [-0.39, 0.29) is 11.2 Å². The van der Waals surface area contributed by atoms with Crippen molar-refractivity contribution in [1.29, 1.82) is 0 Å². The van der Waals surface area contributed by atoms with Crippen LogP contribution in [0, 0.1) is 0 Å². The number of phenols is 1. The molecule has 0 saturated heterocycles. The van der Waals surface area contributed by atoms with Gasteiger partial charge in [0.1, 0.15) is 19.3 Å². The van der Waals surface area contributed by atoms with Crippen molar-refractivity contribution >= 4 is 13.3 Å². The first-order valence-corrected chi connectivity index (χ1v) is 2.87. The molecule has 0 heterocycles. The minimum absolute atomic E-state index is 0.0550. The summed E-state index contributed by atoms with van der Waals surface area (Å²) in [6, 6.07) is 4.87. The van der Waals surface area contributed by atoms with Crippen molar-refractivity contribution in [2.24, 2.45) is 0 Å². The van der Waals surface area contributed by atoms with Crippen molar-refractivity contribution in [3.63, 3.8) is 0 Å². The molecule has 0 aliphatic carbocycles. The second kappa shape index (κ2) is 2.65. The Morgan fingerprint density at radius 3 is 2.70 bits per heavy atom. The zero-order valence-electron chi connectivity index (χ0n) is 5.66. The molecule has 1 rings (SSSR count). The normalized spacial score (nSPS) is 9.30. The van der Waals surface area contributed by atoms with Crippen LogP contribution in [0.15, 0.2) is 18.2 Å². The van der Waals surface area contributed by atoms with Gasteiger partial charge in [0.25, 0.3) is 0 Å². The lowest BCUT2D eigenvalue weighted by molar-refractivity contribution is 0.413. The summed E-state index contributed by atoms with van der Waals surface area (Å²) in [4.78, 5) is 0. The fourth-order valence-corrected chi connectivity index (χ4v) is 0.710. The van der Waals surface area contributed by atoms with Crippen molar-refractivity contribution < 1.29 is 9.84 Å². The number of ether oxygens (including phenoxy) is 1. The third-order valence-electron chi connectivity index (χ3n) is 1.26. The monoisotopic (exact) mass is 134 g/mol. The van der Waals surface area contributed by atoms with Gasteiger partial charge in [-0.2, -0.15) is 0 Å². The Kier molecular flexibility index (Phi) is 1.85. The number of phenolic OH excluding ortho intramolecular Hbond substituents is 1. The van der Waals surface area contributed by atoms with Gasteiger partial charge >= 0.3 is 0 Å². The van der Waals surface area contributed by atoms with E-state index in [4.69, 9.17) is 17.7 Å². The summed E-state index contributed by atoms with van der Waals surface area (Å²) in [6.45, 7) is 0. The maximum absolute atomic E-state index is 9.03. The lowest BCUT2D eigenvalue weighted by atomic mass is 9.94. The summed E-state index contributed by atoms with van der Waals surface area (Å²) in [7, 11) is 6.92. The van der Waals surface area contributed by atoms with E-state index >= 15 is 0 Å². The first-order chi connectivity index (χ1) is 4.75. The predicted molar refractivity (Wildman–Crippen MR) is 40.0 cm³/mol. The van der Waals surface area contributed by atoms with Gasteiger partial charge in [-0.05, 0) is 17.6 Å². The molecule has 3 heteroatoms. The Hall–Kier alpha value is -1.12. The van der Waals surface area contributed by atoms with E-state index in [1.165, 1.54) is 13.2 Å². The van der Waals surface area contributed by atoms with Gasteiger partial charge in [-0.1, -0.05) is 6.07 Å². The topological polar surface area (TPSA) is 29.5 Å². The van der Waals surface area contributed by atoms with E-state index in [1.807, 2.05) is 0 Å². The van der Waals surface area contributed by atoms with Gasteiger partial charge in [0.15, 0.2) is 0 Å². The largest absolute Gasteiger partial charge is 0.508 e. The molecule has 1 aromatic carbocycles. The van der Waals surface area contributed by atoms with Gasteiger partial charge in [0.2, 0.25) is 0 Å². The number of methoxy groups -OCH3 is 1. The van der Waals surface area contributed by atoms with Crippen LogP contribution in [0.5, 0.6) is 11.5 Å². The Balaban J connectivity index is 3.14. The molecule has 0 aromatic heterocycles. The quantitative estimate of drug-likeness (QED) is 0.555. The summed E-state index contributed by atoms with van der Waals surface area (Å²) in [6.07, 6.45) is 0. The number of aromatic hydroxyl groups is 1. The van der Waals surface area contributed by atoms with Gasteiger partial charge in [-0.15, -0.1) is 0 Å². The van der Waals surface area contributed by atoms with Crippen LogP contribution in [0.3, 0.4) is 0 Å². The highest BCUT2D eigenvalue weighted by atomic mass is 16.5. The molecule has 1 N–H and O–H groups in total. The lowest BCUT2D eigenvalue weighted by Gasteiger charge is -2.04. The van der Waals surface area contributed by atoms with Crippen molar-refractivity contribution in [2.75, 3.05) is 7.11 Å². The molecule has 2 nitrogen and oxygen atoms in total. The molecule has 0 spiro atoms. The number of hydrogen-bond acceptors (Lipinski definition) is 2. The standard InChI is InChI=1S/C7H7BO2/c1-10-6-4-2-3-5(9)7(6)8/h2-4,9H,1H3. The summed E-state index contributed by atoms with van der Waals surface area (Å²) in [5.74, 6) is 0.555. The van der Waals surface area contributed by atoms with Gasteiger partial charge in [0.05, 0.1) is 7.11 Å². The summed E-state index contributed by atoms with van der Waals surface area (Å²) >= 11 is 0. The molecule has 0 unspecified atom stereocenters. The van der Waals surface area contributed by atoms with Gasteiger partial charge in [0, 0.05) is 0 Å². The van der Waals surface area contributed by atoms with Gasteiger partial charge in [-0.25, -0.2) is 0 Å². The van der Waals surface area contributed by atoms with Crippen LogP contribution in [0.25, 0.3) is 0 Å². The summed E-state index contributed by atoms with van der Waals surface area (Å²) in [5.41, 5.74) is 0.282. The van der Waals surface area contributed by atoms with Crippen LogP contribution in [0.2, 0.25) is 0 Å². The smallest absolute Gasteiger partial charge is 0.124 e. The summed E-state index contributed by atoms with van der Waals surface area (Å²) < 4.78 is 4.84. The van der Waals surface area contributed by atoms with E-state index in [9.17, 15) is 0 Å². The van der Waals surface area contributed by atoms with Crippen LogP contribution in [0.1, 0.15) is 0 Å². The number of hydrogen-bond donors (Lipinski definition) is 1. The minimum atomic E-state index is 0.0550. The molecule has 0 aliphatic rings. The van der Waals surface area contributed by atoms with Crippen LogP contribution < -0.4 is 10.2 Å². The molecule has 0 aliphatic heterocycles. The lowest BCUT2D eigenvalue weighted by Crippen LogP contribution is -2.06. The number of benzene rings is 1. The summed E-state index contributed by atoms with van der Waals surface area (Å²) in [5, 5.41) is 9.03. The van der Waals surface area contributed by atoms with E-state index in [0.29, 0.717) is 5.75 Å². The van der Waals surface area contributed by atoms with Crippen LogP contribution >= 0.6 is 0 Å². The fourth-order valence-electron chi connectivity index (χ4n) is 0.710. The fraction of sp³-hybridized carbons (Fsp3) is 0.143. The minimum Gasteiger partial charge on any atom is -0.508 e. The second-order valence-electron chi connectivity index (χ2n) is 1.89. The van der Waals surface area contributed by atoms with Crippen molar-refractivity contribution in [2.45, 2.75) is 0 Å². The second-order valence-corrected chi connectivity index (χ2v) is 1.89.